The number of carbonyl (C=O) groups excluding carboxylic acids is 3. The van der Waals surface area contributed by atoms with E-state index in [9.17, 15) is 14.4 Å². The zero-order valence-electron chi connectivity index (χ0n) is 10.1. The van der Waals surface area contributed by atoms with Crippen LogP contribution in [0.4, 0.5) is 4.79 Å². The molecule has 7 heteroatoms. The molecule has 0 spiro atoms. The van der Waals surface area contributed by atoms with Crippen molar-refractivity contribution in [3.05, 3.63) is 24.2 Å². The summed E-state index contributed by atoms with van der Waals surface area (Å²) in [5, 5.41) is 2.66. The Morgan fingerprint density at radius 3 is 2.89 bits per heavy atom. The number of furan rings is 1. The Balaban J connectivity index is 2.09. The molecule has 102 valence electrons. The molecule has 0 bridgehead atoms. The number of rotatable bonds is 5. The lowest BCUT2D eigenvalue weighted by molar-refractivity contribution is -0.123. The van der Waals surface area contributed by atoms with Crippen molar-refractivity contribution in [3.8, 4) is 0 Å². The number of Topliss-reactive ketones (excluding diaryl/α,β-unsaturated/α-hetero) is 1. The fourth-order valence-corrected chi connectivity index (χ4v) is 2.05. The normalized spacial score (nSPS) is 19.8. The summed E-state index contributed by atoms with van der Waals surface area (Å²) >= 11 is 0. The lowest BCUT2D eigenvalue weighted by atomic mass is 9.97. The monoisotopic (exact) mass is 266 g/mol. The van der Waals surface area contributed by atoms with Crippen LogP contribution in [0, 0.1) is 5.92 Å². The summed E-state index contributed by atoms with van der Waals surface area (Å²) in [6.45, 7) is 0.557. The summed E-state index contributed by atoms with van der Waals surface area (Å²) in [4.78, 5) is 34.4. The van der Waals surface area contributed by atoms with E-state index in [-0.39, 0.29) is 24.0 Å². The molecular weight excluding hydrogens is 252 g/mol. The highest BCUT2D eigenvalue weighted by molar-refractivity contribution is 5.98. The van der Waals surface area contributed by atoms with Crippen LogP contribution in [0.5, 0.6) is 0 Å². The van der Waals surface area contributed by atoms with Gasteiger partial charge in [-0.15, -0.1) is 0 Å². The van der Waals surface area contributed by atoms with Crippen molar-refractivity contribution in [3.63, 3.8) is 0 Å². The second-order valence-electron chi connectivity index (χ2n) is 4.28. The third-order valence-electron chi connectivity index (χ3n) is 2.98. The number of amides is 2. The Bertz CT molecular complexity index is 482. The van der Waals surface area contributed by atoms with Gasteiger partial charge in [-0.1, -0.05) is 0 Å². The highest BCUT2D eigenvalue weighted by Gasteiger charge is 2.33. The lowest BCUT2D eigenvalue weighted by Crippen LogP contribution is -2.33. The van der Waals surface area contributed by atoms with Gasteiger partial charge in [-0.3, -0.25) is 9.59 Å². The maximum absolute atomic E-state index is 12.1. The number of carbonyl (C=O) groups is 3. The maximum atomic E-state index is 12.1. The van der Waals surface area contributed by atoms with Crippen LogP contribution < -0.4 is 11.1 Å². The molecule has 3 N–H and O–H groups in total. The number of primary amides is 1. The molecule has 0 radical (unpaired) electrons. The van der Waals surface area contributed by atoms with Gasteiger partial charge in [-0.2, -0.15) is 0 Å². The standard InChI is InChI=1S/C12H14N2O5/c13-12(17)19-9(6-7-3-4-14-11(7)16)10(15)8-2-1-5-18-8/h1-2,5,7,9H,3-4,6H2,(H2,13,17)(H,14,16)/t7-,9-/m0/s1. The molecule has 0 aromatic carbocycles. The third-order valence-corrected chi connectivity index (χ3v) is 2.98. The highest BCUT2D eigenvalue weighted by Crippen LogP contribution is 2.20. The van der Waals surface area contributed by atoms with E-state index in [1.165, 1.54) is 12.3 Å². The second-order valence-corrected chi connectivity index (χ2v) is 4.28. The van der Waals surface area contributed by atoms with E-state index >= 15 is 0 Å². The van der Waals surface area contributed by atoms with Crippen molar-refractivity contribution in [2.75, 3.05) is 6.54 Å². The van der Waals surface area contributed by atoms with E-state index in [4.69, 9.17) is 14.9 Å². The second kappa shape index (κ2) is 5.55. The largest absolute Gasteiger partial charge is 0.461 e. The molecule has 2 atom stereocenters. The van der Waals surface area contributed by atoms with E-state index in [1.807, 2.05) is 0 Å². The minimum absolute atomic E-state index is 0.0738. The van der Waals surface area contributed by atoms with Gasteiger partial charge in [0.15, 0.2) is 11.9 Å². The van der Waals surface area contributed by atoms with Crippen LogP contribution in [0.1, 0.15) is 23.4 Å². The lowest BCUT2D eigenvalue weighted by Gasteiger charge is -2.16. The summed E-state index contributed by atoms with van der Waals surface area (Å²) in [6.07, 6.45) is -0.102. The Morgan fingerprint density at radius 2 is 2.37 bits per heavy atom. The zero-order valence-corrected chi connectivity index (χ0v) is 10.1. The quantitative estimate of drug-likeness (QED) is 0.751. The van der Waals surface area contributed by atoms with E-state index < -0.39 is 18.0 Å². The van der Waals surface area contributed by atoms with Gasteiger partial charge < -0.3 is 20.2 Å². The molecule has 0 saturated carbocycles. The summed E-state index contributed by atoms with van der Waals surface area (Å²) < 4.78 is 9.76. The summed E-state index contributed by atoms with van der Waals surface area (Å²) in [7, 11) is 0. The van der Waals surface area contributed by atoms with Crippen LogP contribution in [-0.2, 0) is 9.53 Å². The van der Waals surface area contributed by atoms with Gasteiger partial charge in [0, 0.05) is 18.9 Å². The first-order valence-corrected chi connectivity index (χ1v) is 5.89. The van der Waals surface area contributed by atoms with E-state index in [2.05, 4.69) is 5.32 Å². The number of nitrogens with one attached hydrogen (secondary N) is 1. The number of ether oxygens (including phenoxy) is 1. The first kappa shape index (κ1) is 13.1. The SMILES string of the molecule is NC(=O)O[C@@H](C[C@@H]1CCNC1=O)C(=O)c1ccco1. The summed E-state index contributed by atoms with van der Waals surface area (Å²) in [6, 6.07) is 3.02. The molecule has 2 rings (SSSR count). The van der Waals surface area contributed by atoms with Gasteiger partial charge >= 0.3 is 6.09 Å². The van der Waals surface area contributed by atoms with Gasteiger partial charge in [0.1, 0.15) is 0 Å². The van der Waals surface area contributed by atoms with Gasteiger partial charge in [0.05, 0.1) is 6.26 Å². The molecule has 1 fully saturated rings. The number of nitrogens with two attached hydrogens (primary N) is 1. The smallest absolute Gasteiger partial charge is 0.405 e. The topological polar surface area (TPSA) is 112 Å². The minimum atomic E-state index is -1.10. The molecule has 1 aliphatic rings. The van der Waals surface area contributed by atoms with Crippen LogP contribution in [0.3, 0.4) is 0 Å². The van der Waals surface area contributed by atoms with Crippen LogP contribution in [-0.4, -0.2) is 30.4 Å². The van der Waals surface area contributed by atoms with Crippen molar-refractivity contribution in [2.45, 2.75) is 18.9 Å². The third kappa shape index (κ3) is 3.12. The molecule has 0 aliphatic carbocycles. The Kier molecular flexibility index (Phi) is 3.84. The Morgan fingerprint density at radius 1 is 1.58 bits per heavy atom. The maximum Gasteiger partial charge on any atom is 0.405 e. The van der Waals surface area contributed by atoms with Gasteiger partial charge in [-0.05, 0) is 18.6 Å². The average molecular weight is 266 g/mol. The van der Waals surface area contributed by atoms with Gasteiger partial charge in [-0.25, -0.2) is 4.79 Å². The fourth-order valence-electron chi connectivity index (χ4n) is 2.05. The van der Waals surface area contributed by atoms with Crippen LogP contribution in [0.2, 0.25) is 0 Å². The van der Waals surface area contributed by atoms with Crippen molar-refractivity contribution in [2.24, 2.45) is 11.7 Å². The molecule has 19 heavy (non-hydrogen) atoms. The predicted octanol–water partition coefficient (Wildman–Crippen LogP) is 0.452. The molecule has 2 heterocycles. The first-order valence-electron chi connectivity index (χ1n) is 5.89. The Labute approximate surface area is 109 Å². The molecule has 1 aliphatic heterocycles. The zero-order chi connectivity index (χ0) is 13.8. The summed E-state index contributed by atoms with van der Waals surface area (Å²) in [5.41, 5.74) is 4.95. The fraction of sp³-hybridized carbons (Fsp3) is 0.417. The highest BCUT2D eigenvalue weighted by atomic mass is 16.6. The molecular formula is C12H14N2O5. The molecule has 1 saturated heterocycles. The van der Waals surface area contributed by atoms with E-state index in [0.717, 1.165) is 0 Å². The average Bonchev–Trinajstić information content (AvgIpc) is 2.99. The Hall–Kier alpha value is -2.31. The number of hydrogen-bond acceptors (Lipinski definition) is 5. The van der Waals surface area contributed by atoms with Crippen molar-refractivity contribution < 1.29 is 23.5 Å². The van der Waals surface area contributed by atoms with Crippen molar-refractivity contribution in [1.82, 2.24) is 5.32 Å². The minimum Gasteiger partial charge on any atom is -0.461 e. The van der Waals surface area contributed by atoms with Gasteiger partial charge in [0.2, 0.25) is 11.7 Å². The number of ketones is 1. The molecule has 7 nitrogen and oxygen atoms in total. The molecule has 1 aromatic rings. The van der Waals surface area contributed by atoms with E-state index in [1.54, 1.807) is 6.07 Å². The van der Waals surface area contributed by atoms with Crippen molar-refractivity contribution >= 4 is 17.8 Å². The molecule has 2 amide bonds. The van der Waals surface area contributed by atoms with Crippen LogP contribution in [0.25, 0.3) is 0 Å². The predicted molar refractivity (Wildman–Crippen MR) is 63.2 cm³/mol. The molecule has 0 unspecified atom stereocenters. The molecule has 1 aromatic heterocycles. The van der Waals surface area contributed by atoms with Crippen molar-refractivity contribution in [1.29, 1.82) is 0 Å². The van der Waals surface area contributed by atoms with Crippen LogP contribution in [0.15, 0.2) is 22.8 Å². The van der Waals surface area contributed by atoms with Crippen LogP contribution >= 0.6 is 0 Å². The number of hydrogen-bond donors (Lipinski definition) is 2. The first-order chi connectivity index (χ1) is 9.08. The van der Waals surface area contributed by atoms with E-state index in [0.29, 0.717) is 13.0 Å². The van der Waals surface area contributed by atoms with Gasteiger partial charge in [0.25, 0.3) is 0 Å². The summed E-state index contributed by atoms with van der Waals surface area (Å²) in [5.74, 6) is -0.929.